The molecule has 134 valence electrons. The smallest absolute Gasteiger partial charge is 0.258 e. The molecule has 1 N–H and O–H groups in total. The largest absolute Gasteiger partial charge is 0.467 e. The molecule has 1 aromatic heterocycles. The normalized spacial score (nSPS) is 12.0. The van der Waals surface area contributed by atoms with Crippen LogP contribution in [0, 0.1) is 0 Å². The van der Waals surface area contributed by atoms with Gasteiger partial charge in [0.05, 0.1) is 16.9 Å². The lowest BCUT2D eigenvalue weighted by atomic mass is 10.1. The van der Waals surface area contributed by atoms with Gasteiger partial charge in [0.15, 0.2) is 6.61 Å². The Kier molecular flexibility index (Phi) is 5.83. The molecule has 5 nitrogen and oxygen atoms in total. The van der Waals surface area contributed by atoms with Gasteiger partial charge in [-0.2, -0.15) is 0 Å². The molecule has 0 aliphatic carbocycles. The fraction of sp³-hybridized carbons (Fsp3) is 0.250. The van der Waals surface area contributed by atoms with Crippen LogP contribution >= 0.6 is 15.9 Å². The third kappa shape index (κ3) is 4.38. The van der Waals surface area contributed by atoms with Crippen LogP contribution in [0.2, 0.25) is 0 Å². The molecule has 6 heteroatoms. The van der Waals surface area contributed by atoms with E-state index in [0.29, 0.717) is 5.88 Å². The van der Waals surface area contributed by atoms with Gasteiger partial charge in [-0.05, 0) is 42.7 Å². The van der Waals surface area contributed by atoms with E-state index in [1.807, 2.05) is 37.3 Å². The molecule has 1 atom stereocenters. The molecule has 1 heterocycles. The van der Waals surface area contributed by atoms with Gasteiger partial charge in [0, 0.05) is 4.47 Å². The molecule has 0 aliphatic rings. The predicted molar refractivity (Wildman–Crippen MR) is 105 cm³/mol. The van der Waals surface area contributed by atoms with E-state index in [4.69, 9.17) is 4.74 Å². The van der Waals surface area contributed by atoms with Crippen LogP contribution in [0.1, 0.15) is 31.0 Å². The highest BCUT2D eigenvalue weighted by molar-refractivity contribution is 9.10. The van der Waals surface area contributed by atoms with Crippen LogP contribution in [0.3, 0.4) is 0 Å². The Morgan fingerprint density at radius 3 is 2.69 bits per heavy atom. The number of carbonyl (C=O) groups excluding carboxylic acids is 1. The fourth-order valence-corrected chi connectivity index (χ4v) is 3.02. The Labute approximate surface area is 160 Å². The number of hydrogen-bond acceptors (Lipinski definition) is 4. The van der Waals surface area contributed by atoms with Crippen LogP contribution in [0.5, 0.6) is 5.88 Å². The number of benzene rings is 2. The molecular formula is C20H20BrN3O2. The van der Waals surface area contributed by atoms with E-state index in [0.717, 1.165) is 27.4 Å². The zero-order valence-electron chi connectivity index (χ0n) is 14.7. The maximum absolute atomic E-state index is 12.2. The van der Waals surface area contributed by atoms with Gasteiger partial charge in [-0.25, -0.2) is 9.97 Å². The van der Waals surface area contributed by atoms with Gasteiger partial charge < -0.3 is 10.1 Å². The standard InChI is InChI=1S/C20H20BrN3O2/c1-3-14-4-6-15(7-5-14)13(2)24-19(25)11-26-20-17-10-16(21)8-9-18(17)22-12-23-20/h4-10,12-13H,3,11H2,1-2H3,(H,24,25). The van der Waals surface area contributed by atoms with E-state index in [2.05, 4.69) is 50.3 Å². The summed E-state index contributed by atoms with van der Waals surface area (Å²) in [6, 6.07) is 13.8. The summed E-state index contributed by atoms with van der Waals surface area (Å²) in [6.45, 7) is 3.97. The highest BCUT2D eigenvalue weighted by atomic mass is 79.9. The molecule has 3 aromatic rings. The fourth-order valence-electron chi connectivity index (χ4n) is 2.66. The van der Waals surface area contributed by atoms with E-state index < -0.39 is 0 Å². The van der Waals surface area contributed by atoms with Crippen molar-refractivity contribution in [1.29, 1.82) is 0 Å². The molecule has 26 heavy (non-hydrogen) atoms. The lowest BCUT2D eigenvalue weighted by Gasteiger charge is -2.15. The minimum Gasteiger partial charge on any atom is -0.467 e. The Morgan fingerprint density at radius 2 is 1.96 bits per heavy atom. The van der Waals surface area contributed by atoms with E-state index in [-0.39, 0.29) is 18.6 Å². The maximum Gasteiger partial charge on any atom is 0.258 e. The summed E-state index contributed by atoms with van der Waals surface area (Å²) in [4.78, 5) is 20.6. The highest BCUT2D eigenvalue weighted by Crippen LogP contribution is 2.24. The number of ether oxygens (including phenoxy) is 1. The molecule has 1 amide bonds. The van der Waals surface area contributed by atoms with E-state index in [1.165, 1.54) is 11.9 Å². The number of nitrogens with one attached hydrogen (secondary N) is 1. The van der Waals surface area contributed by atoms with Crippen LogP contribution in [0.25, 0.3) is 10.9 Å². The van der Waals surface area contributed by atoms with Gasteiger partial charge in [0.2, 0.25) is 5.88 Å². The lowest BCUT2D eigenvalue weighted by Crippen LogP contribution is -2.31. The summed E-state index contributed by atoms with van der Waals surface area (Å²) in [5.74, 6) is 0.199. The Bertz CT molecular complexity index is 913. The molecule has 0 spiro atoms. The predicted octanol–water partition coefficient (Wildman–Crippen LogP) is 4.21. The first kappa shape index (κ1) is 18.3. The van der Waals surface area contributed by atoms with Gasteiger partial charge in [-0.15, -0.1) is 0 Å². The number of rotatable bonds is 6. The van der Waals surface area contributed by atoms with Crippen LogP contribution in [0.4, 0.5) is 0 Å². The average Bonchev–Trinajstić information content (AvgIpc) is 2.66. The summed E-state index contributed by atoms with van der Waals surface area (Å²) in [7, 11) is 0. The molecule has 0 saturated carbocycles. The third-order valence-electron chi connectivity index (χ3n) is 4.17. The van der Waals surface area contributed by atoms with Crippen molar-refractivity contribution in [2.24, 2.45) is 0 Å². The number of carbonyl (C=O) groups is 1. The first-order valence-electron chi connectivity index (χ1n) is 8.48. The van der Waals surface area contributed by atoms with Crippen LogP contribution in [0.15, 0.2) is 53.3 Å². The summed E-state index contributed by atoms with van der Waals surface area (Å²) < 4.78 is 6.53. The van der Waals surface area contributed by atoms with Gasteiger partial charge >= 0.3 is 0 Å². The van der Waals surface area contributed by atoms with Crippen molar-refractivity contribution in [2.45, 2.75) is 26.3 Å². The van der Waals surface area contributed by atoms with Gasteiger partial charge in [-0.1, -0.05) is 47.1 Å². The number of halogens is 1. The quantitative estimate of drug-likeness (QED) is 0.657. The topological polar surface area (TPSA) is 64.1 Å². The van der Waals surface area contributed by atoms with Crippen LogP contribution in [-0.4, -0.2) is 22.5 Å². The number of aromatic nitrogens is 2. The molecule has 0 bridgehead atoms. The Morgan fingerprint density at radius 1 is 1.19 bits per heavy atom. The minimum absolute atomic E-state index is 0.0895. The van der Waals surface area contributed by atoms with Crippen LogP contribution < -0.4 is 10.1 Å². The molecule has 2 aromatic carbocycles. The highest BCUT2D eigenvalue weighted by Gasteiger charge is 2.12. The van der Waals surface area contributed by atoms with Gasteiger partial charge in [-0.3, -0.25) is 4.79 Å². The maximum atomic E-state index is 12.2. The SMILES string of the molecule is CCc1ccc(C(C)NC(=O)COc2ncnc3ccc(Br)cc23)cc1. The number of hydrogen-bond donors (Lipinski definition) is 1. The molecular weight excluding hydrogens is 394 g/mol. The van der Waals surface area contributed by atoms with Gasteiger partial charge in [0.25, 0.3) is 5.91 Å². The molecule has 0 aliphatic heterocycles. The Hall–Kier alpha value is -2.47. The van der Waals surface area contributed by atoms with Crippen molar-refractivity contribution in [1.82, 2.24) is 15.3 Å². The monoisotopic (exact) mass is 413 g/mol. The summed E-state index contributed by atoms with van der Waals surface area (Å²) >= 11 is 3.43. The molecule has 0 radical (unpaired) electrons. The Balaban J connectivity index is 1.62. The molecule has 1 unspecified atom stereocenters. The zero-order valence-corrected chi connectivity index (χ0v) is 16.3. The van der Waals surface area contributed by atoms with Crippen molar-refractivity contribution in [2.75, 3.05) is 6.61 Å². The number of amides is 1. The van der Waals surface area contributed by atoms with Crippen molar-refractivity contribution in [3.05, 3.63) is 64.4 Å². The average molecular weight is 414 g/mol. The van der Waals surface area contributed by atoms with Crippen molar-refractivity contribution >= 4 is 32.7 Å². The van der Waals surface area contributed by atoms with Crippen LogP contribution in [-0.2, 0) is 11.2 Å². The lowest BCUT2D eigenvalue weighted by molar-refractivity contribution is -0.123. The van der Waals surface area contributed by atoms with Crippen molar-refractivity contribution in [3.63, 3.8) is 0 Å². The van der Waals surface area contributed by atoms with E-state index in [9.17, 15) is 4.79 Å². The van der Waals surface area contributed by atoms with Gasteiger partial charge in [0.1, 0.15) is 6.33 Å². The minimum atomic E-state index is -0.196. The molecule has 0 fully saturated rings. The summed E-state index contributed by atoms with van der Waals surface area (Å²) in [6.07, 6.45) is 2.43. The summed E-state index contributed by atoms with van der Waals surface area (Å²) in [5.41, 5.74) is 3.10. The number of nitrogens with zero attached hydrogens (tertiary/aromatic N) is 2. The second-order valence-corrected chi connectivity index (χ2v) is 6.93. The molecule has 0 saturated heterocycles. The number of aryl methyl sites for hydroxylation is 1. The first-order chi connectivity index (χ1) is 12.6. The number of fused-ring (bicyclic) bond motifs is 1. The second-order valence-electron chi connectivity index (χ2n) is 6.01. The van der Waals surface area contributed by atoms with Crippen molar-refractivity contribution in [3.8, 4) is 5.88 Å². The van der Waals surface area contributed by atoms with Crippen molar-refractivity contribution < 1.29 is 9.53 Å². The first-order valence-corrected chi connectivity index (χ1v) is 9.27. The zero-order chi connectivity index (χ0) is 18.5. The second kappa shape index (κ2) is 8.27. The summed E-state index contributed by atoms with van der Waals surface area (Å²) in [5, 5.41) is 3.71. The van der Waals surface area contributed by atoms with E-state index in [1.54, 1.807) is 0 Å². The molecule has 3 rings (SSSR count). The van der Waals surface area contributed by atoms with E-state index >= 15 is 0 Å². The third-order valence-corrected chi connectivity index (χ3v) is 4.66.